The molecule has 4 rings (SSSR count). The maximum atomic E-state index is 13.9. The largest absolute Gasteiger partial charge is 0.443 e. The molecule has 0 aliphatic carbocycles. The van der Waals surface area contributed by atoms with Crippen molar-refractivity contribution >= 4 is 40.6 Å². The molecular formula is C38H56N6O5S2. The molecule has 0 unspecified atom stereocenters. The highest BCUT2D eigenvalue weighted by molar-refractivity contribution is 7.10. The molecule has 280 valence electrons. The second-order valence-corrected chi connectivity index (χ2v) is 17.0. The number of rotatable bonds is 16. The van der Waals surface area contributed by atoms with Crippen LogP contribution in [0.15, 0.2) is 53.2 Å². The monoisotopic (exact) mass is 740 g/mol. The fourth-order valence-corrected chi connectivity index (χ4v) is 7.61. The third kappa shape index (κ3) is 13.0. The second kappa shape index (κ2) is 18.9. The summed E-state index contributed by atoms with van der Waals surface area (Å²) < 4.78 is 5.39. The van der Waals surface area contributed by atoms with Gasteiger partial charge >= 0.3 is 6.09 Å². The molecule has 3 amide bonds. The maximum Gasteiger partial charge on any atom is 0.407 e. The van der Waals surface area contributed by atoms with E-state index in [-0.39, 0.29) is 37.4 Å². The molecule has 1 saturated heterocycles. The number of β-amino-alcohol motifs (C(OH)–C–C–N with tert-alkyl or cyclic N) is 1. The van der Waals surface area contributed by atoms with Crippen molar-refractivity contribution in [2.45, 2.75) is 97.7 Å². The minimum Gasteiger partial charge on any atom is -0.443 e. The van der Waals surface area contributed by atoms with Crippen molar-refractivity contribution in [2.24, 2.45) is 11.8 Å². The van der Waals surface area contributed by atoms with Gasteiger partial charge in [0, 0.05) is 61.0 Å². The van der Waals surface area contributed by atoms with Gasteiger partial charge in [-0.05, 0) is 50.1 Å². The Labute approximate surface area is 311 Å². The van der Waals surface area contributed by atoms with E-state index in [1.807, 2.05) is 81.3 Å². The molecule has 51 heavy (non-hydrogen) atoms. The second-order valence-electron chi connectivity index (χ2n) is 15.1. The molecule has 4 atom stereocenters. The molecule has 13 heteroatoms. The van der Waals surface area contributed by atoms with Gasteiger partial charge in [-0.1, -0.05) is 64.1 Å². The average Bonchev–Trinajstić information content (AvgIpc) is 3.76. The van der Waals surface area contributed by atoms with Crippen LogP contribution in [0.1, 0.15) is 75.5 Å². The van der Waals surface area contributed by atoms with Crippen molar-refractivity contribution < 1.29 is 24.2 Å². The smallest absolute Gasteiger partial charge is 0.407 e. The van der Waals surface area contributed by atoms with Crippen LogP contribution in [0.4, 0.5) is 4.79 Å². The van der Waals surface area contributed by atoms with Crippen molar-refractivity contribution in [1.29, 1.82) is 0 Å². The predicted molar refractivity (Wildman–Crippen MR) is 204 cm³/mol. The maximum absolute atomic E-state index is 13.9. The Kier molecular flexibility index (Phi) is 15.0. The van der Waals surface area contributed by atoms with Gasteiger partial charge in [-0.3, -0.25) is 19.4 Å². The normalized spacial score (nSPS) is 17.6. The number of aromatic nitrogens is 1. The molecule has 0 saturated carbocycles. The zero-order valence-corrected chi connectivity index (χ0v) is 32.7. The van der Waals surface area contributed by atoms with Gasteiger partial charge < -0.3 is 25.8 Å². The SMILES string of the molecule is CC(C)c1nc(COC(=O)NC[C@@H](C(=O)N[C@H](Cc2ccccc2)[C@@H](O)CN2CCN(Cc3cccs3)C[C@@H]2C(=O)NC(C)(C)C)C(C)C)cs1. The van der Waals surface area contributed by atoms with Crippen LogP contribution in [-0.2, 0) is 33.9 Å². The Hall–Kier alpha value is -3.36. The van der Waals surface area contributed by atoms with E-state index in [4.69, 9.17) is 4.74 Å². The third-order valence-electron chi connectivity index (χ3n) is 8.87. The summed E-state index contributed by atoms with van der Waals surface area (Å²) in [5.74, 6) is -0.723. The van der Waals surface area contributed by atoms with Crippen molar-refractivity contribution in [1.82, 2.24) is 30.7 Å². The van der Waals surface area contributed by atoms with E-state index >= 15 is 0 Å². The standard InChI is InChI=1S/C38H56N6O5S2/c1-25(2)30(19-39-37(48)49-23-28-24-51-36(40-28)26(3)4)34(46)41-31(18-27-12-9-8-10-13-27)33(45)22-44-16-15-43(20-29-14-11-17-50-29)21-32(44)35(47)42-38(5,6)7/h8-14,17,24-26,30-33,45H,15-16,18-23H2,1-7H3,(H,39,48)(H,41,46)(H,42,47)/t30-,31-,32-,33+/m1/s1. The Morgan fingerprint density at radius 2 is 1.78 bits per heavy atom. The van der Waals surface area contributed by atoms with Crippen LogP contribution in [0.3, 0.4) is 0 Å². The van der Waals surface area contributed by atoms with Crippen molar-refractivity contribution in [2.75, 3.05) is 32.7 Å². The number of hydrogen-bond acceptors (Lipinski definition) is 10. The van der Waals surface area contributed by atoms with Gasteiger partial charge in [-0.2, -0.15) is 0 Å². The Bertz CT molecular complexity index is 1520. The van der Waals surface area contributed by atoms with Crippen LogP contribution in [-0.4, -0.2) is 94.2 Å². The number of piperazine rings is 1. The lowest BCUT2D eigenvalue weighted by Crippen LogP contribution is -2.63. The van der Waals surface area contributed by atoms with E-state index in [9.17, 15) is 19.5 Å². The van der Waals surface area contributed by atoms with Crippen molar-refractivity contribution in [3.05, 3.63) is 74.4 Å². The number of alkyl carbamates (subject to hydrolysis) is 1. The van der Waals surface area contributed by atoms with Crippen LogP contribution >= 0.6 is 22.7 Å². The predicted octanol–water partition coefficient (Wildman–Crippen LogP) is 5.02. The van der Waals surface area contributed by atoms with Crippen LogP contribution in [0.5, 0.6) is 0 Å². The first-order chi connectivity index (χ1) is 24.2. The Morgan fingerprint density at radius 1 is 1.04 bits per heavy atom. The van der Waals surface area contributed by atoms with Crippen LogP contribution < -0.4 is 16.0 Å². The van der Waals surface area contributed by atoms with Gasteiger partial charge in [-0.15, -0.1) is 22.7 Å². The molecule has 1 aliphatic heterocycles. The van der Waals surface area contributed by atoms with Gasteiger partial charge in [0.15, 0.2) is 0 Å². The first-order valence-corrected chi connectivity index (χ1v) is 19.6. The molecule has 1 aromatic carbocycles. The zero-order chi connectivity index (χ0) is 37.1. The van der Waals surface area contributed by atoms with E-state index in [1.54, 1.807) is 11.3 Å². The van der Waals surface area contributed by atoms with Gasteiger partial charge in [0.1, 0.15) is 12.6 Å². The number of thiophene rings is 1. The number of thiazole rings is 1. The van der Waals surface area contributed by atoms with Crippen LogP contribution in [0.2, 0.25) is 0 Å². The Morgan fingerprint density at radius 3 is 2.41 bits per heavy atom. The molecule has 3 heterocycles. The molecule has 3 aromatic rings. The van der Waals surface area contributed by atoms with E-state index in [0.717, 1.165) is 23.7 Å². The van der Waals surface area contributed by atoms with E-state index in [0.29, 0.717) is 31.1 Å². The molecule has 0 bridgehead atoms. The van der Waals surface area contributed by atoms with Crippen molar-refractivity contribution in [3.63, 3.8) is 0 Å². The van der Waals surface area contributed by atoms with Gasteiger partial charge in [0.2, 0.25) is 11.8 Å². The lowest BCUT2D eigenvalue weighted by atomic mass is 9.93. The molecule has 0 spiro atoms. The number of carbonyl (C=O) groups is 3. The summed E-state index contributed by atoms with van der Waals surface area (Å²) >= 11 is 3.24. The highest BCUT2D eigenvalue weighted by Crippen LogP contribution is 2.21. The average molecular weight is 741 g/mol. The quantitative estimate of drug-likeness (QED) is 0.161. The molecule has 1 aliphatic rings. The number of nitrogens with zero attached hydrogens (tertiary/aromatic N) is 3. The summed E-state index contributed by atoms with van der Waals surface area (Å²) in [6.45, 7) is 16.8. The highest BCUT2D eigenvalue weighted by atomic mass is 32.1. The number of hydrogen-bond donors (Lipinski definition) is 4. The number of amides is 3. The lowest BCUT2D eigenvalue weighted by molar-refractivity contribution is -0.132. The van der Waals surface area contributed by atoms with Gasteiger partial charge in [0.25, 0.3) is 0 Å². The third-order valence-corrected chi connectivity index (χ3v) is 10.9. The number of carbonyl (C=O) groups excluding carboxylic acids is 3. The first-order valence-electron chi connectivity index (χ1n) is 17.9. The van der Waals surface area contributed by atoms with E-state index < -0.39 is 35.7 Å². The van der Waals surface area contributed by atoms with Crippen molar-refractivity contribution in [3.8, 4) is 0 Å². The minimum absolute atomic E-state index is 0.0516. The van der Waals surface area contributed by atoms with E-state index in [1.165, 1.54) is 16.2 Å². The van der Waals surface area contributed by atoms with Crippen LogP contribution in [0.25, 0.3) is 0 Å². The molecule has 1 fully saturated rings. The number of ether oxygens (including phenoxy) is 1. The number of aliphatic hydroxyl groups is 1. The minimum atomic E-state index is -0.970. The lowest BCUT2D eigenvalue weighted by Gasteiger charge is -2.43. The Balaban J connectivity index is 1.43. The zero-order valence-electron chi connectivity index (χ0n) is 31.1. The summed E-state index contributed by atoms with van der Waals surface area (Å²) in [6.07, 6.45) is -1.19. The molecule has 0 radical (unpaired) electrons. The summed E-state index contributed by atoms with van der Waals surface area (Å²) in [4.78, 5) is 50.2. The summed E-state index contributed by atoms with van der Waals surface area (Å²) in [6, 6.07) is 12.8. The molecule has 4 N–H and O–H groups in total. The summed E-state index contributed by atoms with van der Waals surface area (Å²) in [7, 11) is 0. The fraction of sp³-hybridized carbons (Fsp3) is 0.579. The number of aliphatic hydroxyl groups excluding tert-OH is 1. The molecular weight excluding hydrogens is 685 g/mol. The fourth-order valence-electron chi connectivity index (χ4n) is 6.04. The number of benzene rings is 1. The highest BCUT2D eigenvalue weighted by Gasteiger charge is 2.37. The topological polar surface area (TPSA) is 136 Å². The van der Waals surface area contributed by atoms with Crippen LogP contribution in [0, 0.1) is 11.8 Å². The van der Waals surface area contributed by atoms with E-state index in [2.05, 4.69) is 51.1 Å². The summed E-state index contributed by atoms with van der Waals surface area (Å²) in [5.41, 5.74) is 1.25. The molecule has 2 aromatic heterocycles. The van der Waals surface area contributed by atoms with Gasteiger partial charge in [0.05, 0.1) is 28.8 Å². The molecule has 11 nitrogen and oxygen atoms in total. The number of nitrogens with one attached hydrogen (secondary N) is 3. The summed E-state index contributed by atoms with van der Waals surface area (Å²) in [5, 5.41) is 25.8. The van der Waals surface area contributed by atoms with Gasteiger partial charge in [-0.25, -0.2) is 9.78 Å². The first kappa shape index (κ1) is 40.4.